The van der Waals surface area contributed by atoms with E-state index in [0.29, 0.717) is 30.9 Å². The first-order valence-corrected chi connectivity index (χ1v) is 8.48. The molecule has 3 amide bonds. The fraction of sp³-hybridized carbons (Fsp3) is 0.471. The van der Waals surface area contributed by atoms with Gasteiger partial charge in [-0.05, 0) is 24.1 Å². The lowest BCUT2D eigenvalue weighted by molar-refractivity contribution is -0.136. The van der Waals surface area contributed by atoms with E-state index in [4.69, 9.17) is 4.74 Å². The first-order chi connectivity index (χ1) is 12.0. The molecule has 8 nitrogen and oxygen atoms in total. The van der Waals surface area contributed by atoms with E-state index in [1.807, 2.05) is 6.07 Å². The molecule has 0 aromatic heterocycles. The van der Waals surface area contributed by atoms with Crippen LogP contribution in [0.15, 0.2) is 12.1 Å². The van der Waals surface area contributed by atoms with Crippen molar-refractivity contribution in [2.45, 2.75) is 31.0 Å². The molecule has 0 aliphatic carbocycles. The smallest absolute Gasteiger partial charge is 0.255 e. The average molecular weight is 342 g/mol. The number of anilines is 1. The van der Waals surface area contributed by atoms with Crippen molar-refractivity contribution in [2.75, 3.05) is 25.0 Å². The number of nitrogens with one attached hydrogen (secondary N) is 3. The molecular formula is C17H18N4O4. The third kappa shape index (κ3) is 2.13. The minimum Gasteiger partial charge on any atom is -0.489 e. The number of ether oxygens (including phenoxy) is 1. The van der Waals surface area contributed by atoms with Crippen LogP contribution in [0, 0.1) is 0 Å². The Kier molecular flexibility index (Phi) is 2.91. The number of piperidine rings is 1. The highest BCUT2D eigenvalue weighted by Gasteiger charge is 2.43. The van der Waals surface area contributed by atoms with Crippen molar-refractivity contribution >= 4 is 23.4 Å². The zero-order chi connectivity index (χ0) is 17.2. The Morgan fingerprint density at radius 3 is 2.76 bits per heavy atom. The molecule has 1 aromatic rings. The maximum atomic E-state index is 12.8. The number of nitrogens with zero attached hydrogens (tertiary/aromatic N) is 1. The van der Waals surface area contributed by atoms with Crippen molar-refractivity contribution in [3.8, 4) is 5.75 Å². The van der Waals surface area contributed by atoms with Crippen molar-refractivity contribution in [1.29, 1.82) is 0 Å². The standard InChI is InChI=1S/C17H18N4O4/c22-14-2-1-12(15(23)19-14)21-5-9-3-11-13(4-10(9)16(21)24)25-8-17(20-11)6-18-7-17/h3-4,12,18,20H,1-2,5-8H2,(H,19,22,23)/t12-/m0/s1. The predicted molar refractivity (Wildman–Crippen MR) is 87.2 cm³/mol. The molecule has 0 saturated carbocycles. The average Bonchev–Trinajstić information content (AvgIpc) is 2.87. The van der Waals surface area contributed by atoms with E-state index in [9.17, 15) is 14.4 Å². The van der Waals surface area contributed by atoms with Crippen LogP contribution < -0.4 is 20.7 Å². The first kappa shape index (κ1) is 14.7. The fourth-order valence-electron chi connectivity index (χ4n) is 3.97. The highest BCUT2D eigenvalue weighted by Crippen LogP contribution is 2.39. The maximum Gasteiger partial charge on any atom is 0.255 e. The number of amides is 3. The Hall–Kier alpha value is -2.61. The van der Waals surface area contributed by atoms with E-state index in [1.165, 1.54) is 0 Å². The highest BCUT2D eigenvalue weighted by molar-refractivity contribution is 6.05. The lowest BCUT2D eigenvalue weighted by Crippen LogP contribution is -2.68. The molecule has 4 aliphatic heterocycles. The SMILES string of the molecule is O=C1CC[C@H](N2Cc3cc4c(cc3C2=O)OCC2(CNC2)N4)C(=O)N1. The second kappa shape index (κ2) is 4.95. The summed E-state index contributed by atoms with van der Waals surface area (Å²) in [5, 5.41) is 9.08. The largest absolute Gasteiger partial charge is 0.489 e. The number of imide groups is 1. The number of rotatable bonds is 1. The molecule has 2 fully saturated rings. The van der Waals surface area contributed by atoms with Gasteiger partial charge in [0.1, 0.15) is 18.4 Å². The summed E-state index contributed by atoms with van der Waals surface area (Å²) in [5.74, 6) is -0.176. The van der Waals surface area contributed by atoms with E-state index in [1.54, 1.807) is 11.0 Å². The molecule has 5 rings (SSSR count). The summed E-state index contributed by atoms with van der Waals surface area (Å²) in [6.45, 7) is 2.65. The van der Waals surface area contributed by atoms with Gasteiger partial charge in [-0.15, -0.1) is 0 Å². The van der Waals surface area contributed by atoms with E-state index in [0.717, 1.165) is 24.3 Å². The molecule has 4 aliphatic rings. The number of carbonyl (C=O) groups is 3. The van der Waals surface area contributed by atoms with Crippen molar-refractivity contribution in [3.05, 3.63) is 23.3 Å². The predicted octanol–water partition coefficient (Wildman–Crippen LogP) is -0.406. The summed E-state index contributed by atoms with van der Waals surface area (Å²) in [4.78, 5) is 37.8. The Labute approximate surface area is 143 Å². The van der Waals surface area contributed by atoms with Crippen molar-refractivity contribution in [1.82, 2.24) is 15.5 Å². The fourth-order valence-corrected chi connectivity index (χ4v) is 3.97. The van der Waals surface area contributed by atoms with Gasteiger partial charge in [0.25, 0.3) is 5.91 Å². The first-order valence-electron chi connectivity index (χ1n) is 8.48. The number of benzene rings is 1. The molecule has 3 N–H and O–H groups in total. The maximum absolute atomic E-state index is 12.8. The summed E-state index contributed by atoms with van der Waals surface area (Å²) in [5.41, 5.74) is 2.29. The van der Waals surface area contributed by atoms with E-state index >= 15 is 0 Å². The van der Waals surface area contributed by atoms with Gasteiger partial charge in [0.15, 0.2) is 0 Å². The van der Waals surface area contributed by atoms with E-state index < -0.39 is 11.9 Å². The zero-order valence-electron chi connectivity index (χ0n) is 13.6. The summed E-state index contributed by atoms with van der Waals surface area (Å²) in [7, 11) is 0. The van der Waals surface area contributed by atoms with Crippen LogP contribution in [0.3, 0.4) is 0 Å². The summed E-state index contributed by atoms with van der Waals surface area (Å²) >= 11 is 0. The Morgan fingerprint density at radius 2 is 2.04 bits per heavy atom. The number of carbonyl (C=O) groups excluding carboxylic acids is 3. The van der Waals surface area contributed by atoms with Gasteiger partial charge in [0.2, 0.25) is 11.8 Å². The minimum absolute atomic E-state index is 0.0623. The monoisotopic (exact) mass is 342 g/mol. The summed E-state index contributed by atoms with van der Waals surface area (Å²) in [6, 6.07) is 3.13. The molecule has 2 saturated heterocycles. The van der Waals surface area contributed by atoms with Gasteiger partial charge in [-0.25, -0.2) is 0 Å². The molecular weight excluding hydrogens is 324 g/mol. The number of hydrogen-bond acceptors (Lipinski definition) is 6. The summed E-state index contributed by atoms with van der Waals surface area (Å²) < 4.78 is 5.87. The van der Waals surface area contributed by atoms with Crippen molar-refractivity contribution in [3.63, 3.8) is 0 Å². The van der Waals surface area contributed by atoms with Crippen LogP contribution in [0.2, 0.25) is 0 Å². The molecule has 0 bridgehead atoms. The Balaban J connectivity index is 1.43. The van der Waals surface area contributed by atoms with Crippen LogP contribution >= 0.6 is 0 Å². The van der Waals surface area contributed by atoms with Crippen molar-refractivity contribution < 1.29 is 19.1 Å². The third-order valence-corrected chi connectivity index (χ3v) is 5.45. The quantitative estimate of drug-likeness (QED) is 0.600. The molecule has 1 spiro atoms. The van der Waals surface area contributed by atoms with Gasteiger partial charge >= 0.3 is 0 Å². The van der Waals surface area contributed by atoms with Gasteiger partial charge in [-0.3, -0.25) is 19.7 Å². The van der Waals surface area contributed by atoms with Crippen LogP contribution in [0.1, 0.15) is 28.8 Å². The van der Waals surface area contributed by atoms with Crippen LogP contribution in [0.5, 0.6) is 5.75 Å². The summed E-state index contributed by atoms with van der Waals surface area (Å²) in [6.07, 6.45) is 0.626. The number of fused-ring (bicyclic) bond motifs is 2. The molecule has 0 unspecified atom stereocenters. The van der Waals surface area contributed by atoms with Gasteiger partial charge in [0, 0.05) is 31.6 Å². The van der Waals surface area contributed by atoms with Crippen molar-refractivity contribution in [2.24, 2.45) is 0 Å². The van der Waals surface area contributed by atoms with E-state index in [-0.39, 0.29) is 23.8 Å². The topological polar surface area (TPSA) is 99.8 Å². The van der Waals surface area contributed by atoms with Gasteiger partial charge in [0.05, 0.1) is 11.2 Å². The Morgan fingerprint density at radius 1 is 1.20 bits per heavy atom. The highest BCUT2D eigenvalue weighted by atomic mass is 16.5. The van der Waals surface area contributed by atoms with Crippen LogP contribution in [-0.4, -0.2) is 53.9 Å². The molecule has 0 radical (unpaired) electrons. The van der Waals surface area contributed by atoms with Crippen LogP contribution in [-0.2, 0) is 16.1 Å². The normalized spacial score (nSPS) is 26.3. The second-order valence-corrected chi connectivity index (χ2v) is 7.20. The molecule has 8 heteroatoms. The third-order valence-electron chi connectivity index (χ3n) is 5.45. The molecule has 1 aromatic carbocycles. The molecule has 25 heavy (non-hydrogen) atoms. The minimum atomic E-state index is -0.592. The lowest BCUT2D eigenvalue weighted by atomic mass is 9.91. The van der Waals surface area contributed by atoms with Crippen LogP contribution in [0.4, 0.5) is 5.69 Å². The molecule has 4 heterocycles. The zero-order valence-corrected chi connectivity index (χ0v) is 13.6. The van der Waals surface area contributed by atoms with Gasteiger partial charge < -0.3 is 20.3 Å². The van der Waals surface area contributed by atoms with Gasteiger partial charge in [-0.1, -0.05) is 0 Å². The lowest BCUT2D eigenvalue weighted by Gasteiger charge is -2.46. The van der Waals surface area contributed by atoms with E-state index in [2.05, 4.69) is 16.0 Å². The van der Waals surface area contributed by atoms with Gasteiger partial charge in [-0.2, -0.15) is 0 Å². The number of hydrogen-bond donors (Lipinski definition) is 3. The Bertz CT molecular complexity index is 817. The molecule has 130 valence electrons. The second-order valence-electron chi connectivity index (χ2n) is 7.20. The molecule has 1 atom stereocenters. The van der Waals surface area contributed by atoms with Crippen LogP contribution in [0.25, 0.3) is 0 Å².